The molecule has 0 aromatic carbocycles. The van der Waals surface area contributed by atoms with E-state index in [4.69, 9.17) is 19.7 Å². The molecule has 0 saturated carbocycles. The Morgan fingerprint density at radius 1 is 0.694 bits per heavy atom. The lowest BCUT2D eigenvalue weighted by atomic mass is 10.1. The van der Waals surface area contributed by atoms with Crippen LogP contribution < -0.4 is 16.0 Å². The van der Waals surface area contributed by atoms with E-state index < -0.39 is 23.9 Å². The third kappa shape index (κ3) is 21.5. The number of rotatable bonds is 24. The monoisotopic (exact) mass is 517 g/mol. The van der Waals surface area contributed by atoms with Crippen molar-refractivity contribution in [2.24, 2.45) is 0 Å². The van der Waals surface area contributed by atoms with Gasteiger partial charge in [0.25, 0.3) is 0 Å². The van der Waals surface area contributed by atoms with Gasteiger partial charge in [-0.3, -0.25) is 19.2 Å². The van der Waals surface area contributed by atoms with Crippen LogP contribution in [0.4, 0.5) is 0 Å². The first-order valence-corrected chi connectivity index (χ1v) is 12.1. The van der Waals surface area contributed by atoms with Gasteiger partial charge in [0, 0.05) is 45.2 Å². The Labute approximate surface area is 210 Å². The van der Waals surface area contributed by atoms with E-state index in [-0.39, 0.29) is 57.1 Å². The number of hydrogen-bond donors (Lipinski definition) is 5. The Balaban J connectivity index is 3.55. The smallest absolute Gasteiger partial charge is 0.326 e. The second kappa shape index (κ2) is 22.4. The lowest BCUT2D eigenvalue weighted by Crippen LogP contribution is -2.41. The second-order valence-electron chi connectivity index (χ2n) is 7.93. The summed E-state index contributed by atoms with van der Waals surface area (Å²) in [5.74, 6) is -3.07. The van der Waals surface area contributed by atoms with Crippen molar-refractivity contribution in [1.82, 2.24) is 16.0 Å². The number of unbranched alkanes of at least 4 members (excludes halogenated alkanes) is 3. The zero-order chi connectivity index (χ0) is 27.0. The van der Waals surface area contributed by atoms with Crippen molar-refractivity contribution >= 4 is 35.9 Å². The van der Waals surface area contributed by atoms with Crippen LogP contribution >= 0.6 is 0 Å². The summed E-state index contributed by atoms with van der Waals surface area (Å²) in [5, 5.41) is 25.1. The SMILES string of the molecule is O=CCC[C@H](NC(=O)CCC(=O)NCCOCCOCCNC(=O)CCCCCCC(=O)O)C(=O)O. The maximum Gasteiger partial charge on any atom is 0.326 e. The van der Waals surface area contributed by atoms with E-state index in [2.05, 4.69) is 16.0 Å². The van der Waals surface area contributed by atoms with Gasteiger partial charge in [-0.1, -0.05) is 12.8 Å². The van der Waals surface area contributed by atoms with Gasteiger partial charge in [0.1, 0.15) is 12.3 Å². The number of ether oxygens (including phenoxy) is 2. The van der Waals surface area contributed by atoms with Gasteiger partial charge < -0.3 is 40.4 Å². The fraction of sp³-hybridized carbons (Fsp3) is 0.739. The normalized spacial score (nSPS) is 11.3. The van der Waals surface area contributed by atoms with E-state index in [1.807, 2.05) is 0 Å². The first-order valence-electron chi connectivity index (χ1n) is 12.1. The molecule has 0 aliphatic heterocycles. The number of aldehydes is 1. The first-order chi connectivity index (χ1) is 17.3. The van der Waals surface area contributed by atoms with Gasteiger partial charge in [-0.05, 0) is 19.3 Å². The third-order valence-electron chi connectivity index (χ3n) is 4.84. The molecule has 206 valence electrons. The molecule has 0 spiro atoms. The van der Waals surface area contributed by atoms with E-state index in [1.165, 1.54) is 0 Å². The molecule has 0 bridgehead atoms. The standard InChI is InChI=1S/C23H39N3O10/c27-13-5-6-18(23(33)34)26-21(30)10-9-20(29)25-12-15-36-17-16-35-14-11-24-19(28)7-3-1-2-4-8-22(31)32/h13,18H,1-12,14-17H2,(H,24,28)(H,25,29)(H,26,30)(H,31,32)(H,33,34)/t18-/m0/s1. The van der Waals surface area contributed by atoms with Gasteiger partial charge in [0.05, 0.1) is 26.4 Å². The minimum Gasteiger partial charge on any atom is -0.481 e. The fourth-order valence-corrected chi connectivity index (χ4v) is 2.92. The summed E-state index contributed by atoms with van der Waals surface area (Å²) in [4.78, 5) is 66.9. The topological polar surface area (TPSA) is 197 Å². The molecule has 13 heteroatoms. The van der Waals surface area contributed by atoms with Crippen LogP contribution in [0.5, 0.6) is 0 Å². The molecule has 0 aliphatic rings. The van der Waals surface area contributed by atoms with Gasteiger partial charge in [-0.15, -0.1) is 0 Å². The van der Waals surface area contributed by atoms with E-state index >= 15 is 0 Å². The molecule has 0 aromatic rings. The lowest BCUT2D eigenvalue weighted by Gasteiger charge is -2.13. The van der Waals surface area contributed by atoms with Gasteiger partial charge in [0.2, 0.25) is 17.7 Å². The van der Waals surface area contributed by atoms with Crippen LogP contribution in [0.25, 0.3) is 0 Å². The Hall–Kier alpha value is -3.06. The molecular weight excluding hydrogens is 478 g/mol. The first kappa shape index (κ1) is 32.9. The third-order valence-corrected chi connectivity index (χ3v) is 4.84. The summed E-state index contributed by atoms with van der Waals surface area (Å²) in [6.07, 6.45) is 3.82. The highest BCUT2D eigenvalue weighted by Crippen LogP contribution is 2.05. The van der Waals surface area contributed by atoms with Crippen LogP contribution in [-0.4, -0.2) is 91.7 Å². The minimum absolute atomic E-state index is 0.00865. The Bertz CT molecular complexity index is 687. The Morgan fingerprint density at radius 3 is 1.75 bits per heavy atom. The summed E-state index contributed by atoms with van der Waals surface area (Å²) < 4.78 is 10.7. The van der Waals surface area contributed by atoms with Crippen LogP contribution in [-0.2, 0) is 38.2 Å². The van der Waals surface area contributed by atoms with Crippen molar-refractivity contribution in [1.29, 1.82) is 0 Å². The van der Waals surface area contributed by atoms with E-state index in [0.29, 0.717) is 45.5 Å². The number of carboxylic acid groups (broad SMARTS) is 2. The summed E-state index contributed by atoms with van der Waals surface area (Å²) >= 11 is 0. The largest absolute Gasteiger partial charge is 0.481 e. The van der Waals surface area contributed by atoms with E-state index in [0.717, 1.165) is 19.3 Å². The van der Waals surface area contributed by atoms with Gasteiger partial charge >= 0.3 is 11.9 Å². The molecule has 0 aromatic heterocycles. The molecule has 0 unspecified atom stereocenters. The number of carbonyl (C=O) groups is 6. The van der Waals surface area contributed by atoms with Crippen LogP contribution in [0.3, 0.4) is 0 Å². The van der Waals surface area contributed by atoms with E-state index in [1.54, 1.807) is 0 Å². The van der Waals surface area contributed by atoms with Crippen LogP contribution in [0.15, 0.2) is 0 Å². The molecule has 0 aliphatic carbocycles. The highest BCUT2D eigenvalue weighted by molar-refractivity contribution is 5.87. The zero-order valence-electron chi connectivity index (χ0n) is 20.6. The molecule has 0 fully saturated rings. The second-order valence-corrected chi connectivity index (χ2v) is 7.93. The van der Waals surface area contributed by atoms with Crippen LogP contribution in [0.2, 0.25) is 0 Å². The summed E-state index contributed by atoms with van der Waals surface area (Å²) in [5.41, 5.74) is 0. The minimum atomic E-state index is -1.24. The molecule has 0 saturated heterocycles. The van der Waals surface area contributed by atoms with Crippen molar-refractivity contribution in [3.63, 3.8) is 0 Å². The van der Waals surface area contributed by atoms with Crippen molar-refractivity contribution in [3.05, 3.63) is 0 Å². The summed E-state index contributed by atoms with van der Waals surface area (Å²) in [6.45, 7) is 1.83. The molecule has 0 heterocycles. The summed E-state index contributed by atoms with van der Waals surface area (Å²) in [7, 11) is 0. The quantitative estimate of drug-likeness (QED) is 0.0858. The number of nitrogens with one attached hydrogen (secondary N) is 3. The average molecular weight is 518 g/mol. The molecule has 36 heavy (non-hydrogen) atoms. The molecule has 13 nitrogen and oxygen atoms in total. The fourth-order valence-electron chi connectivity index (χ4n) is 2.92. The molecular formula is C23H39N3O10. The van der Waals surface area contributed by atoms with Crippen LogP contribution in [0.1, 0.15) is 64.2 Å². The van der Waals surface area contributed by atoms with Crippen LogP contribution in [0, 0.1) is 0 Å². The maximum absolute atomic E-state index is 11.8. The van der Waals surface area contributed by atoms with E-state index in [9.17, 15) is 28.8 Å². The average Bonchev–Trinajstić information content (AvgIpc) is 2.83. The highest BCUT2D eigenvalue weighted by atomic mass is 16.5. The van der Waals surface area contributed by atoms with Crippen molar-refractivity contribution in [2.45, 2.75) is 70.3 Å². The number of carboxylic acids is 2. The Kier molecular flexibility index (Phi) is 20.5. The Morgan fingerprint density at radius 2 is 1.22 bits per heavy atom. The molecule has 1 atom stereocenters. The predicted octanol–water partition coefficient (Wildman–Crippen LogP) is 0.00590. The number of carbonyl (C=O) groups excluding carboxylic acids is 4. The molecule has 0 rings (SSSR count). The number of amides is 3. The number of aliphatic carboxylic acids is 2. The molecule has 0 radical (unpaired) electrons. The van der Waals surface area contributed by atoms with Gasteiger partial charge in [-0.25, -0.2) is 4.79 Å². The van der Waals surface area contributed by atoms with Crippen molar-refractivity contribution < 1.29 is 48.5 Å². The molecule has 5 N–H and O–H groups in total. The summed E-state index contributed by atoms with van der Waals surface area (Å²) in [6, 6.07) is -1.16. The molecule has 3 amide bonds. The number of hydrogen-bond acceptors (Lipinski definition) is 8. The van der Waals surface area contributed by atoms with Gasteiger partial charge in [-0.2, -0.15) is 0 Å². The lowest BCUT2D eigenvalue weighted by molar-refractivity contribution is -0.142. The predicted molar refractivity (Wildman–Crippen MR) is 127 cm³/mol. The van der Waals surface area contributed by atoms with Crippen molar-refractivity contribution in [3.8, 4) is 0 Å². The van der Waals surface area contributed by atoms with Crippen molar-refractivity contribution in [2.75, 3.05) is 39.5 Å². The maximum atomic E-state index is 11.8. The zero-order valence-corrected chi connectivity index (χ0v) is 20.6. The van der Waals surface area contributed by atoms with Gasteiger partial charge in [0.15, 0.2) is 0 Å². The highest BCUT2D eigenvalue weighted by Gasteiger charge is 2.19.